The maximum Gasteiger partial charge on any atom is 0.191 e. The minimum absolute atomic E-state index is 0. The average molecular weight is 494 g/mol. The summed E-state index contributed by atoms with van der Waals surface area (Å²) in [5, 5.41) is 17.0. The molecule has 0 saturated heterocycles. The quantitative estimate of drug-likeness (QED) is 0.230. The Morgan fingerprint density at radius 2 is 2.20 bits per heavy atom. The van der Waals surface area contributed by atoms with E-state index in [0.29, 0.717) is 6.54 Å². The number of aryl methyl sites for hydroxylation is 1. The average Bonchev–Trinajstić information content (AvgIpc) is 3.27. The number of thiophene rings is 1. The number of thioether (sulfide) groups is 1. The van der Waals surface area contributed by atoms with Crippen molar-refractivity contribution in [3.8, 4) is 0 Å². The highest BCUT2D eigenvalue weighted by Crippen LogP contribution is 2.09. The van der Waals surface area contributed by atoms with Crippen LogP contribution in [0.25, 0.3) is 0 Å². The van der Waals surface area contributed by atoms with Crippen molar-refractivity contribution in [3.05, 3.63) is 34.5 Å². The van der Waals surface area contributed by atoms with E-state index in [9.17, 15) is 0 Å². The number of halogens is 1. The van der Waals surface area contributed by atoms with Gasteiger partial charge in [-0.25, -0.2) is 4.99 Å². The van der Waals surface area contributed by atoms with Crippen LogP contribution in [-0.2, 0) is 19.5 Å². The molecule has 140 valence electrons. The first-order valence-electron chi connectivity index (χ1n) is 8.23. The fraction of sp³-hybridized carbons (Fsp3) is 0.562. The van der Waals surface area contributed by atoms with Crippen LogP contribution in [0.1, 0.15) is 24.0 Å². The zero-order chi connectivity index (χ0) is 17.0. The Morgan fingerprint density at radius 3 is 2.92 bits per heavy atom. The first kappa shape index (κ1) is 22.2. The van der Waals surface area contributed by atoms with Gasteiger partial charge >= 0.3 is 0 Å². The maximum absolute atomic E-state index is 4.68. The van der Waals surface area contributed by atoms with Crippen LogP contribution >= 0.6 is 47.1 Å². The largest absolute Gasteiger partial charge is 0.356 e. The van der Waals surface area contributed by atoms with E-state index >= 15 is 0 Å². The van der Waals surface area contributed by atoms with Crippen molar-refractivity contribution < 1.29 is 0 Å². The fourth-order valence-electron chi connectivity index (χ4n) is 2.19. The minimum atomic E-state index is 0. The van der Waals surface area contributed by atoms with E-state index < -0.39 is 0 Å². The molecule has 0 atom stereocenters. The van der Waals surface area contributed by atoms with Crippen molar-refractivity contribution in [1.82, 2.24) is 25.4 Å². The third-order valence-corrected chi connectivity index (χ3v) is 5.01. The summed E-state index contributed by atoms with van der Waals surface area (Å²) in [4.78, 5) is 5.95. The fourth-order valence-corrected chi connectivity index (χ4v) is 3.25. The molecule has 0 unspecified atom stereocenters. The van der Waals surface area contributed by atoms with Crippen LogP contribution < -0.4 is 10.6 Å². The van der Waals surface area contributed by atoms with Gasteiger partial charge in [0, 0.05) is 30.9 Å². The second-order valence-electron chi connectivity index (χ2n) is 5.24. The van der Waals surface area contributed by atoms with Gasteiger partial charge in [-0.15, -0.1) is 45.5 Å². The highest BCUT2D eigenvalue weighted by molar-refractivity contribution is 14.0. The molecule has 25 heavy (non-hydrogen) atoms. The SMILES string of the molecule is CCc1nncn1CCNC(=NCc1cccs1)NCCCSC.I. The van der Waals surface area contributed by atoms with Gasteiger partial charge in [0.2, 0.25) is 0 Å². The van der Waals surface area contributed by atoms with Crippen LogP contribution in [0, 0.1) is 0 Å². The van der Waals surface area contributed by atoms with Gasteiger partial charge in [0.05, 0.1) is 6.54 Å². The number of nitrogens with zero attached hydrogens (tertiary/aromatic N) is 4. The van der Waals surface area contributed by atoms with Crippen LogP contribution in [0.3, 0.4) is 0 Å². The summed E-state index contributed by atoms with van der Waals surface area (Å²) in [5.74, 6) is 3.05. The molecule has 6 nitrogen and oxygen atoms in total. The lowest BCUT2D eigenvalue weighted by Crippen LogP contribution is -2.39. The van der Waals surface area contributed by atoms with E-state index in [1.807, 2.05) is 11.8 Å². The Morgan fingerprint density at radius 1 is 1.36 bits per heavy atom. The van der Waals surface area contributed by atoms with Crippen LogP contribution in [0.4, 0.5) is 0 Å². The third kappa shape index (κ3) is 8.41. The van der Waals surface area contributed by atoms with Crippen LogP contribution in [0.15, 0.2) is 28.8 Å². The predicted molar refractivity (Wildman–Crippen MR) is 119 cm³/mol. The van der Waals surface area contributed by atoms with Gasteiger partial charge in [-0.05, 0) is 29.9 Å². The number of nitrogens with one attached hydrogen (secondary N) is 2. The minimum Gasteiger partial charge on any atom is -0.356 e. The number of rotatable bonds is 10. The molecule has 2 aromatic heterocycles. The molecule has 0 aliphatic heterocycles. The molecule has 2 N–H and O–H groups in total. The van der Waals surface area contributed by atoms with Gasteiger partial charge in [0.25, 0.3) is 0 Å². The molecule has 2 rings (SSSR count). The molecule has 0 saturated carbocycles. The van der Waals surface area contributed by atoms with Gasteiger partial charge in [-0.2, -0.15) is 11.8 Å². The Balaban J connectivity index is 0.00000312. The normalized spacial score (nSPS) is 11.2. The second-order valence-corrected chi connectivity index (χ2v) is 7.26. The molecule has 0 aliphatic carbocycles. The Hall–Kier alpha value is -0.810. The molecule has 2 aromatic rings. The first-order chi connectivity index (χ1) is 11.8. The lowest BCUT2D eigenvalue weighted by atomic mass is 10.4. The summed E-state index contributed by atoms with van der Waals surface area (Å²) in [6.07, 6.45) is 5.95. The summed E-state index contributed by atoms with van der Waals surface area (Å²) in [6, 6.07) is 4.18. The van der Waals surface area contributed by atoms with Crippen molar-refractivity contribution in [2.75, 3.05) is 25.1 Å². The Labute approximate surface area is 175 Å². The standard InChI is InChI=1S/C16H26N6S2.HI/c1-3-15-21-20-13-22(15)9-8-18-16(17-7-5-10-23-2)19-12-14-6-4-11-24-14;/h4,6,11,13H,3,5,7-10,12H2,1-2H3,(H2,17,18,19);1H. The molecular weight excluding hydrogens is 467 g/mol. The third-order valence-electron chi connectivity index (χ3n) is 3.45. The van der Waals surface area contributed by atoms with Crippen LogP contribution in [0.5, 0.6) is 0 Å². The van der Waals surface area contributed by atoms with E-state index in [1.54, 1.807) is 17.7 Å². The number of hydrogen-bond acceptors (Lipinski definition) is 5. The predicted octanol–water partition coefficient (Wildman–Crippen LogP) is 3.01. The van der Waals surface area contributed by atoms with Gasteiger partial charge in [0.1, 0.15) is 12.2 Å². The molecule has 2 heterocycles. The van der Waals surface area contributed by atoms with Crippen molar-refractivity contribution in [2.24, 2.45) is 4.99 Å². The van der Waals surface area contributed by atoms with Crippen LogP contribution in [0.2, 0.25) is 0 Å². The van der Waals surface area contributed by atoms with E-state index in [4.69, 9.17) is 0 Å². The smallest absolute Gasteiger partial charge is 0.191 e. The summed E-state index contributed by atoms with van der Waals surface area (Å²) in [6.45, 7) is 5.37. The van der Waals surface area contributed by atoms with E-state index in [2.05, 4.69) is 61.1 Å². The van der Waals surface area contributed by atoms with E-state index in [1.165, 1.54) is 4.88 Å². The lowest BCUT2D eigenvalue weighted by molar-refractivity contribution is 0.631. The van der Waals surface area contributed by atoms with Gasteiger partial charge in [-0.1, -0.05) is 13.0 Å². The highest BCUT2D eigenvalue weighted by Gasteiger charge is 2.03. The number of hydrogen-bond donors (Lipinski definition) is 2. The zero-order valence-electron chi connectivity index (χ0n) is 14.8. The van der Waals surface area contributed by atoms with Crippen molar-refractivity contribution in [1.29, 1.82) is 0 Å². The van der Waals surface area contributed by atoms with Crippen molar-refractivity contribution in [2.45, 2.75) is 32.9 Å². The molecule has 0 spiro atoms. The molecule has 0 radical (unpaired) electrons. The van der Waals surface area contributed by atoms with Gasteiger partial charge in [0.15, 0.2) is 5.96 Å². The molecule has 0 amide bonds. The van der Waals surface area contributed by atoms with Crippen molar-refractivity contribution in [3.63, 3.8) is 0 Å². The molecule has 0 aliphatic rings. The Bertz CT molecular complexity index is 600. The second kappa shape index (κ2) is 13.4. The zero-order valence-corrected chi connectivity index (χ0v) is 18.7. The first-order valence-corrected chi connectivity index (χ1v) is 10.5. The van der Waals surface area contributed by atoms with Gasteiger partial charge < -0.3 is 15.2 Å². The summed E-state index contributed by atoms with van der Waals surface area (Å²) < 4.78 is 2.08. The summed E-state index contributed by atoms with van der Waals surface area (Å²) in [7, 11) is 0. The van der Waals surface area contributed by atoms with Crippen molar-refractivity contribution >= 4 is 53.0 Å². The Kier molecular flexibility index (Phi) is 11.9. The monoisotopic (exact) mass is 494 g/mol. The summed E-state index contributed by atoms with van der Waals surface area (Å²) >= 11 is 3.61. The number of aliphatic imine (C=N–C) groups is 1. The maximum atomic E-state index is 4.68. The molecule has 0 aromatic carbocycles. The molecular formula is C16H27IN6S2. The summed E-state index contributed by atoms with van der Waals surface area (Å²) in [5.41, 5.74) is 0. The topological polar surface area (TPSA) is 67.1 Å². The molecule has 0 bridgehead atoms. The van der Waals surface area contributed by atoms with Gasteiger partial charge in [-0.3, -0.25) is 0 Å². The number of guanidine groups is 1. The van der Waals surface area contributed by atoms with E-state index in [0.717, 1.165) is 50.0 Å². The number of aromatic nitrogens is 3. The van der Waals surface area contributed by atoms with E-state index in [-0.39, 0.29) is 24.0 Å². The molecule has 0 fully saturated rings. The van der Waals surface area contributed by atoms with Crippen LogP contribution in [-0.4, -0.2) is 45.8 Å². The lowest BCUT2D eigenvalue weighted by Gasteiger charge is -2.13. The molecule has 9 heteroatoms. The highest BCUT2D eigenvalue weighted by atomic mass is 127.